The summed E-state index contributed by atoms with van der Waals surface area (Å²) in [6.07, 6.45) is 5.96. The average Bonchev–Trinajstić information content (AvgIpc) is 2.92. The summed E-state index contributed by atoms with van der Waals surface area (Å²) in [5.41, 5.74) is 3.78. The maximum Gasteiger partial charge on any atom is 0.134 e. The van der Waals surface area contributed by atoms with Crippen LogP contribution >= 0.6 is 0 Å². The Balaban J connectivity index is 1.65. The molecule has 3 N–H and O–H groups in total. The second-order valence-electron chi connectivity index (χ2n) is 5.47. The van der Waals surface area contributed by atoms with Crippen LogP contribution in [0.25, 0.3) is 11.0 Å². The van der Waals surface area contributed by atoms with Crippen molar-refractivity contribution in [1.29, 1.82) is 0 Å². The first-order chi connectivity index (χ1) is 9.86. The lowest BCUT2D eigenvalue weighted by Gasteiger charge is -2.24. The molecule has 0 aliphatic carbocycles. The second-order valence-corrected chi connectivity index (χ2v) is 5.47. The van der Waals surface area contributed by atoms with Crippen molar-refractivity contribution in [2.75, 3.05) is 6.61 Å². The largest absolute Gasteiger partial charge is 0.459 e. The number of nitrogens with one attached hydrogen (secondary N) is 1. The van der Waals surface area contributed by atoms with Gasteiger partial charge in [-0.05, 0) is 44.2 Å². The number of benzene rings is 1. The first-order valence-electron chi connectivity index (χ1n) is 7.43. The van der Waals surface area contributed by atoms with Gasteiger partial charge in [-0.2, -0.15) is 0 Å². The lowest BCUT2D eigenvalue weighted by molar-refractivity contribution is 0.00823. The monoisotopic (exact) mass is 274 g/mol. The maximum atomic E-state index is 5.88. The molecular weight excluding hydrogens is 252 g/mol. The van der Waals surface area contributed by atoms with E-state index in [1.54, 1.807) is 0 Å². The Hall–Kier alpha value is -1.36. The highest BCUT2D eigenvalue weighted by molar-refractivity contribution is 5.77. The van der Waals surface area contributed by atoms with Gasteiger partial charge in [0.15, 0.2) is 0 Å². The SMILES string of the molecule is NNC(CCC1CCCCO1)c1cc2ccccc2o1. The van der Waals surface area contributed by atoms with Crippen LogP contribution in [-0.2, 0) is 4.74 Å². The molecule has 108 valence electrons. The fourth-order valence-corrected chi connectivity index (χ4v) is 2.87. The summed E-state index contributed by atoms with van der Waals surface area (Å²) in [5, 5.41) is 1.12. The fraction of sp³-hybridized carbons (Fsp3) is 0.500. The van der Waals surface area contributed by atoms with Crippen LogP contribution in [0.3, 0.4) is 0 Å². The Morgan fingerprint density at radius 3 is 2.95 bits per heavy atom. The van der Waals surface area contributed by atoms with Gasteiger partial charge in [-0.25, -0.2) is 5.43 Å². The van der Waals surface area contributed by atoms with Crippen LogP contribution in [-0.4, -0.2) is 12.7 Å². The fourth-order valence-electron chi connectivity index (χ4n) is 2.87. The molecule has 1 aliphatic heterocycles. The maximum absolute atomic E-state index is 5.88. The number of rotatable bonds is 5. The summed E-state index contributed by atoms with van der Waals surface area (Å²) in [7, 11) is 0. The highest BCUT2D eigenvalue weighted by atomic mass is 16.5. The Morgan fingerprint density at radius 2 is 2.20 bits per heavy atom. The number of para-hydroxylation sites is 1. The topological polar surface area (TPSA) is 60.4 Å². The Morgan fingerprint density at radius 1 is 1.30 bits per heavy atom. The molecule has 4 nitrogen and oxygen atoms in total. The van der Waals surface area contributed by atoms with E-state index in [2.05, 4.69) is 17.6 Å². The van der Waals surface area contributed by atoms with Crippen LogP contribution in [0, 0.1) is 0 Å². The molecule has 1 saturated heterocycles. The Kier molecular flexibility index (Phi) is 4.35. The van der Waals surface area contributed by atoms with E-state index in [-0.39, 0.29) is 6.04 Å². The molecule has 2 aromatic rings. The van der Waals surface area contributed by atoms with Crippen LogP contribution in [0.15, 0.2) is 34.7 Å². The molecule has 0 radical (unpaired) electrons. The number of fused-ring (bicyclic) bond motifs is 1. The van der Waals surface area contributed by atoms with Gasteiger partial charge in [0, 0.05) is 12.0 Å². The zero-order chi connectivity index (χ0) is 13.8. The summed E-state index contributed by atoms with van der Waals surface area (Å²) < 4.78 is 11.6. The molecule has 1 fully saturated rings. The third kappa shape index (κ3) is 3.03. The van der Waals surface area contributed by atoms with Gasteiger partial charge >= 0.3 is 0 Å². The van der Waals surface area contributed by atoms with E-state index in [1.807, 2.05) is 18.2 Å². The average molecular weight is 274 g/mol. The van der Waals surface area contributed by atoms with Crippen molar-refractivity contribution in [1.82, 2.24) is 5.43 Å². The van der Waals surface area contributed by atoms with E-state index in [0.717, 1.165) is 42.6 Å². The predicted octanol–water partition coefficient (Wildman–Crippen LogP) is 3.29. The van der Waals surface area contributed by atoms with Gasteiger partial charge in [-0.15, -0.1) is 0 Å². The number of hydrogen-bond donors (Lipinski definition) is 2. The van der Waals surface area contributed by atoms with Crippen molar-refractivity contribution in [2.45, 2.75) is 44.2 Å². The minimum absolute atomic E-state index is 0.0490. The number of ether oxygens (including phenoxy) is 1. The summed E-state index contributed by atoms with van der Waals surface area (Å²) >= 11 is 0. The second kappa shape index (κ2) is 6.39. The van der Waals surface area contributed by atoms with E-state index in [9.17, 15) is 0 Å². The molecule has 2 atom stereocenters. The summed E-state index contributed by atoms with van der Waals surface area (Å²) in [5.74, 6) is 6.60. The third-order valence-corrected chi connectivity index (χ3v) is 4.04. The van der Waals surface area contributed by atoms with Crippen molar-refractivity contribution in [2.24, 2.45) is 5.84 Å². The normalized spacial score (nSPS) is 21.1. The van der Waals surface area contributed by atoms with Gasteiger partial charge in [0.05, 0.1) is 12.1 Å². The predicted molar refractivity (Wildman–Crippen MR) is 79.1 cm³/mol. The van der Waals surface area contributed by atoms with Crippen molar-refractivity contribution >= 4 is 11.0 Å². The number of hydrazine groups is 1. The van der Waals surface area contributed by atoms with Crippen LogP contribution in [0.4, 0.5) is 0 Å². The molecule has 2 heterocycles. The summed E-state index contributed by atoms with van der Waals surface area (Å²) in [6, 6.07) is 10.2. The minimum atomic E-state index is 0.0490. The lowest BCUT2D eigenvalue weighted by atomic mass is 10.0. The zero-order valence-electron chi connectivity index (χ0n) is 11.7. The van der Waals surface area contributed by atoms with Crippen molar-refractivity contribution in [3.05, 3.63) is 36.1 Å². The summed E-state index contributed by atoms with van der Waals surface area (Å²) in [6.45, 7) is 0.899. The molecule has 1 aliphatic rings. The molecule has 2 unspecified atom stereocenters. The molecular formula is C16H22N2O2. The highest BCUT2D eigenvalue weighted by Crippen LogP contribution is 2.28. The van der Waals surface area contributed by atoms with Crippen LogP contribution in [0.5, 0.6) is 0 Å². The van der Waals surface area contributed by atoms with Crippen LogP contribution in [0.2, 0.25) is 0 Å². The van der Waals surface area contributed by atoms with Crippen molar-refractivity contribution in [3.63, 3.8) is 0 Å². The molecule has 0 amide bonds. The van der Waals surface area contributed by atoms with Crippen LogP contribution < -0.4 is 11.3 Å². The molecule has 4 heteroatoms. The molecule has 0 bridgehead atoms. The van der Waals surface area contributed by atoms with Gasteiger partial charge in [0.1, 0.15) is 11.3 Å². The van der Waals surface area contributed by atoms with E-state index in [0.29, 0.717) is 6.10 Å². The van der Waals surface area contributed by atoms with Crippen molar-refractivity contribution < 1.29 is 9.15 Å². The van der Waals surface area contributed by atoms with E-state index < -0.39 is 0 Å². The standard InChI is InChI=1S/C16H22N2O2/c17-18-14(9-8-13-6-3-4-10-19-13)16-11-12-5-1-2-7-15(12)20-16/h1-2,5,7,11,13-14,18H,3-4,6,8-10,17H2. The molecule has 3 rings (SSSR count). The van der Waals surface area contributed by atoms with Crippen LogP contribution in [0.1, 0.15) is 43.9 Å². The van der Waals surface area contributed by atoms with Gasteiger partial charge in [0.25, 0.3) is 0 Å². The molecule has 0 saturated carbocycles. The van der Waals surface area contributed by atoms with Gasteiger partial charge in [0.2, 0.25) is 0 Å². The Bertz CT molecular complexity index is 513. The molecule has 0 spiro atoms. The first-order valence-corrected chi connectivity index (χ1v) is 7.43. The molecule has 20 heavy (non-hydrogen) atoms. The molecule has 1 aromatic carbocycles. The lowest BCUT2D eigenvalue weighted by Crippen LogP contribution is -2.29. The Labute approximate surface area is 119 Å². The highest BCUT2D eigenvalue weighted by Gasteiger charge is 2.19. The number of furan rings is 1. The quantitative estimate of drug-likeness (QED) is 0.649. The zero-order valence-corrected chi connectivity index (χ0v) is 11.7. The number of hydrogen-bond acceptors (Lipinski definition) is 4. The van der Waals surface area contributed by atoms with Gasteiger partial charge in [-0.1, -0.05) is 18.2 Å². The minimum Gasteiger partial charge on any atom is -0.459 e. The summed E-state index contributed by atoms with van der Waals surface area (Å²) in [4.78, 5) is 0. The molecule has 1 aromatic heterocycles. The first kappa shape index (κ1) is 13.6. The van der Waals surface area contributed by atoms with Gasteiger partial charge in [-0.3, -0.25) is 5.84 Å². The van der Waals surface area contributed by atoms with Crippen molar-refractivity contribution in [3.8, 4) is 0 Å². The number of nitrogens with two attached hydrogens (primary N) is 1. The third-order valence-electron chi connectivity index (χ3n) is 4.04. The van der Waals surface area contributed by atoms with Gasteiger partial charge < -0.3 is 9.15 Å². The smallest absolute Gasteiger partial charge is 0.134 e. The van der Waals surface area contributed by atoms with E-state index in [4.69, 9.17) is 15.0 Å². The van der Waals surface area contributed by atoms with E-state index >= 15 is 0 Å². The van der Waals surface area contributed by atoms with E-state index in [1.165, 1.54) is 12.8 Å².